The molecule has 4 rings (SSSR count). The molecule has 3 fully saturated rings. The molecule has 1 aromatic rings. The van der Waals surface area contributed by atoms with Crippen LogP contribution in [0.1, 0.15) is 50.0 Å². The third-order valence-electron chi connectivity index (χ3n) is 6.16. The zero-order valence-electron chi connectivity index (χ0n) is 14.9. The number of benzene rings is 1. The van der Waals surface area contributed by atoms with Crippen molar-refractivity contribution in [3.63, 3.8) is 0 Å². The van der Waals surface area contributed by atoms with Crippen molar-refractivity contribution in [2.24, 2.45) is 5.92 Å². The van der Waals surface area contributed by atoms with E-state index < -0.39 is 0 Å². The van der Waals surface area contributed by atoms with Crippen LogP contribution in [0.4, 0.5) is 4.79 Å². The standard InChI is InChI=1S/C20H28N2O3/c1-24-16-6-4-5-14(11-16)17-12-15(17)13-21-19(23)22-18-7-10-25-20(18)8-2-3-9-20/h4-6,11,15,17-18H,2-3,7-10,12-13H2,1H3,(H2,21,22,23)/t15-,17-,18?/m0/s1. The predicted octanol–water partition coefficient (Wildman–Crippen LogP) is 3.20. The van der Waals surface area contributed by atoms with E-state index in [4.69, 9.17) is 9.47 Å². The van der Waals surface area contributed by atoms with E-state index in [0.29, 0.717) is 11.8 Å². The number of methoxy groups -OCH3 is 1. The summed E-state index contributed by atoms with van der Waals surface area (Å²) in [5.74, 6) is 1.96. The fourth-order valence-electron chi connectivity index (χ4n) is 4.60. The lowest BCUT2D eigenvalue weighted by atomic mass is 9.93. The fraction of sp³-hybridized carbons (Fsp3) is 0.650. The molecule has 25 heavy (non-hydrogen) atoms. The van der Waals surface area contributed by atoms with Gasteiger partial charge in [0.05, 0.1) is 18.8 Å². The normalized spacial score (nSPS) is 29.6. The molecule has 136 valence electrons. The quantitative estimate of drug-likeness (QED) is 0.862. The summed E-state index contributed by atoms with van der Waals surface area (Å²) in [4.78, 5) is 12.3. The zero-order valence-corrected chi connectivity index (χ0v) is 14.9. The highest BCUT2D eigenvalue weighted by atomic mass is 16.5. The van der Waals surface area contributed by atoms with Crippen LogP contribution in [0.3, 0.4) is 0 Å². The van der Waals surface area contributed by atoms with Gasteiger partial charge in [0.2, 0.25) is 0 Å². The minimum absolute atomic E-state index is 0.0435. The van der Waals surface area contributed by atoms with Crippen LogP contribution in [0.5, 0.6) is 5.75 Å². The molecule has 0 aromatic heterocycles. The summed E-state index contributed by atoms with van der Waals surface area (Å²) < 4.78 is 11.3. The van der Waals surface area contributed by atoms with Gasteiger partial charge in [-0.25, -0.2) is 4.79 Å². The number of nitrogens with one attached hydrogen (secondary N) is 2. The van der Waals surface area contributed by atoms with Crippen molar-refractivity contribution >= 4 is 6.03 Å². The maximum absolute atomic E-state index is 12.3. The molecule has 1 aromatic carbocycles. The Labute approximate surface area is 149 Å². The lowest BCUT2D eigenvalue weighted by Gasteiger charge is -2.30. The van der Waals surface area contributed by atoms with E-state index in [-0.39, 0.29) is 17.7 Å². The average Bonchev–Trinajstić information content (AvgIpc) is 3.09. The molecule has 2 aliphatic carbocycles. The molecule has 3 aliphatic rings. The Hall–Kier alpha value is -1.75. The van der Waals surface area contributed by atoms with E-state index >= 15 is 0 Å². The molecule has 2 N–H and O–H groups in total. The van der Waals surface area contributed by atoms with E-state index in [9.17, 15) is 4.79 Å². The van der Waals surface area contributed by atoms with Crippen LogP contribution in [0.15, 0.2) is 24.3 Å². The van der Waals surface area contributed by atoms with E-state index in [0.717, 1.165) is 44.6 Å². The first-order valence-electron chi connectivity index (χ1n) is 9.52. The lowest BCUT2D eigenvalue weighted by Crippen LogP contribution is -2.51. The van der Waals surface area contributed by atoms with Gasteiger partial charge in [-0.05, 0) is 55.2 Å². The van der Waals surface area contributed by atoms with Crippen molar-refractivity contribution in [2.75, 3.05) is 20.3 Å². The Morgan fingerprint density at radius 2 is 2.20 bits per heavy atom. The van der Waals surface area contributed by atoms with Crippen LogP contribution < -0.4 is 15.4 Å². The molecule has 1 aliphatic heterocycles. The maximum atomic E-state index is 12.3. The number of amides is 2. The van der Waals surface area contributed by atoms with E-state index in [1.54, 1.807) is 7.11 Å². The Morgan fingerprint density at radius 1 is 1.36 bits per heavy atom. The largest absolute Gasteiger partial charge is 0.497 e. The van der Waals surface area contributed by atoms with Gasteiger partial charge in [0.15, 0.2) is 0 Å². The summed E-state index contributed by atoms with van der Waals surface area (Å²) in [5.41, 5.74) is 1.22. The Kier molecular flexibility index (Phi) is 4.59. The second kappa shape index (κ2) is 6.87. The van der Waals surface area contributed by atoms with Crippen LogP contribution in [0, 0.1) is 5.92 Å². The van der Waals surface area contributed by atoms with Crippen LogP contribution in [-0.2, 0) is 4.74 Å². The monoisotopic (exact) mass is 344 g/mol. The number of carbonyl (C=O) groups excluding carboxylic acids is 1. The molecule has 3 atom stereocenters. The molecule has 1 spiro atoms. The number of rotatable bonds is 5. The first-order valence-corrected chi connectivity index (χ1v) is 9.52. The van der Waals surface area contributed by atoms with Crippen molar-refractivity contribution in [2.45, 2.75) is 56.1 Å². The fourth-order valence-corrected chi connectivity index (χ4v) is 4.60. The third-order valence-corrected chi connectivity index (χ3v) is 6.16. The molecule has 5 nitrogen and oxygen atoms in total. The summed E-state index contributed by atoms with van der Waals surface area (Å²) in [5, 5.41) is 6.24. The van der Waals surface area contributed by atoms with Gasteiger partial charge < -0.3 is 20.1 Å². The van der Waals surface area contributed by atoms with Gasteiger partial charge in [-0.1, -0.05) is 25.0 Å². The highest BCUT2D eigenvalue weighted by Crippen LogP contribution is 2.47. The minimum atomic E-state index is -0.0833. The van der Waals surface area contributed by atoms with Crippen molar-refractivity contribution in [3.05, 3.63) is 29.8 Å². The van der Waals surface area contributed by atoms with Crippen LogP contribution in [0.25, 0.3) is 0 Å². The van der Waals surface area contributed by atoms with Crippen LogP contribution in [-0.4, -0.2) is 37.9 Å². The van der Waals surface area contributed by atoms with Gasteiger partial charge in [-0.3, -0.25) is 0 Å². The molecule has 5 heteroatoms. The minimum Gasteiger partial charge on any atom is -0.497 e. The van der Waals surface area contributed by atoms with E-state index in [2.05, 4.69) is 22.8 Å². The summed E-state index contributed by atoms with van der Waals surface area (Å²) in [6.07, 6.45) is 6.65. The number of carbonyl (C=O) groups is 1. The topological polar surface area (TPSA) is 59.6 Å². The number of urea groups is 1. The molecular formula is C20H28N2O3. The molecule has 0 radical (unpaired) electrons. The summed E-state index contributed by atoms with van der Waals surface area (Å²) in [6.45, 7) is 1.50. The molecule has 2 amide bonds. The van der Waals surface area contributed by atoms with Crippen molar-refractivity contribution in [3.8, 4) is 5.75 Å². The number of hydrogen-bond donors (Lipinski definition) is 2. The highest BCUT2D eigenvalue weighted by molar-refractivity contribution is 5.74. The van der Waals surface area contributed by atoms with Gasteiger partial charge in [0.1, 0.15) is 5.75 Å². The number of ether oxygens (including phenoxy) is 2. The van der Waals surface area contributed by atoms with E-state index in [1.807, 2.05) is 12.1 Å². The summed E-state index contributed by atoms with van der Waals surface area (Å²) in [7, 11) is 1.69. The first kappa shape index (κ1) is 16.7. The van der Waals surface area contributed by atoms with Crippen molar-refractivity contribution < 1.29 is 14.3 Å². The molecule has 1 unspecified atom stereocenters. The Balaban J connectivity index is 1.24. The van der Waals surface area contributed by atoms with Crippen molar-refractivity contribution in [1.29, 1.82) is 0 Å². The lowest BCUT2D eigenvalue weighted by molar-refractivity contribution is -0.00259. The predicted molar refractivity (Wildman–Crippen MR) is 95.9 cm³/mol. The third kappa shape index (κ3) is 3.47. The smallest absolute Gasteiger partial charge is 0.315 e. The van der Waals surface area contributed by atoms with Gasteiger partial charge in [-0.15, -0.1) is 0 Å². The van der Waals surface area contributed by atoms with Crippen LogP contribution >= 0.6 is 0 Å². The van der Waals surface area contributed by atoms with Crippen LogP contribution in [0.2, 0.25) is 0 Å². The molecule has 1 saturated heterocycles. The molecule has 2 saturated carbocycles. The molecular weight excluding hydrogens is 316 g/mol. The number of hydrogen-bond acceptors (Lipinski definition) is 3. The summed E-state index contributed by atoms with van der Waals surface area (Å²) >= 11 is 0. The average molecular weight is 344 g/mol. The van der Waals surface area contributed by atoms with E-state index in [1.165, 1.54) is 18.4 Å². The second-order valence-electron chi connectivity index (χ2n) is 7.69. The zero-order chi connectivity index (χ0) is 17.3. The summed E-state index contributed by atoms with van der Waals surface area (Å²) in [6, 6.07) is 8.37. The highest BCUT2D eigenvalue weighted by Gasteiger charge is 2.47. The molecule has 1 heterocycles. The SMILES string of the molecule is COc1cccc([C@@H]2C[C@H]2CNC(=O)NC2CCOC23CCCC3)c1. The Morgan fingerprint density at radius 3 is 3.00 bits per heavy atom. The van der Waals surface area contributed by atoms with Gasteiger partial charge >= 0.3 is 6.03 Å². The molecule has 0 bridgehead atoms. The van der Waals surface area contributed by atoms with Crippen molar-refractivity contribution in [1.82, 2.24) is 10.6 Å². The maximum Gasteiger partial charge on any atom is 0.315 e. The van der Waals surface area contributed by atoms with Gasteiger partial charge in [0, 0.05) is 13.2 Å². The van der Waals surface area contributed by atoms with Gasteiger partial charge in [-0.2, -0.15) is 0 Å². The second-order valence-corrected chi connectivity index (χ2v) is 7.69. The Bertz CT molecular complexity index is 622. The first-order chi connectivity index (χ1) is 12.2. The van der Waals surface area contributed by atoms with Gasteiger partial charge in [0.25, 0.3) is 0 Å².